The molecule has 0 radical (unpaired) electrons. The van der Waals surface area contributed by atoms with Gasteiger partial charge in [-0.1, -0.05) is 26.0 Å². The van der Waals surface area contributed by atoms with Gasteiger partial charge in [-0.25, -0.2) is 9.37 Å². The number of thiophene rings is 1. The second-order valence-corrected chi connectivity index (χ2v) is 9.37. The average molecular weight is 454 g/mol. The molecular weight excluding hydrogens is 429 g/mol. The van der Waals surface area contributed by atoms with Crippen LogP contribution in [0, 0.1) is 25.6 Å². The number of H-pyrrole nitrogens is 1. The average Bonchev–Trinajstić information content (AvgIpc) is 3.06. The molecule has 8 heteroatoms. The van der Waals surface area contributed by atoms with E-state index in [1.165, 1.54) is 35.7 Å². The van der Waals surface area contributed by atoms with Crippen LogP contribution in [-0.2, 0) is 6.54 Å². The van der Waals surface area contributed by atoms with Crippen molar-refractivity contribution in [3.05, 3.63) is 79.3 Å². The summed E-state index contributed by atoms with van der Waals surface area (Å²) in [6.45, 7) is 8.33. The van der Waals surface area contributed by atoms with Crippen molar-refractivity contribution >= 4 is 21.6 Å². The van der Waals surface area contributed by atoms with Crippen LogP contribution in [0.25, 0.3) is 21.3 Å². The Hall–Kier alpha value is -3.26. The molecule has 0 unspecified atom stereocenters. The van der Waals surface area contributed by atoms with Crippen LogP contribution < -0.4 is 15.7 Å². The van der Waals surface area contributed by atoms with Crippen LogP contribution in [0.15, 0.2) is 46.1 Å². The summed E-state index contributed by atoms with van der Waals surface area (Å²) in [5, 5.41) is 0.504. The highest BCUT2D eigenvalue weighted by atomic mass is 32.1. The molecule has 4 aromatic rings. The van der Waals surface area contributed by atoms with Crippen molar-refractivity contribution < 1.29 is 9.13 Å². The third-order valence-electron chi connectivity index (χ3n) is 5.15. The summed E-state index contributed by atoms with van der Waals surface area (Å²) < 4.78 is 20.5. The number of aromatic amines is 1. The first-order valence-electron chi connectivity index (χ1n) is 10.4. The molecule has 1 aromatic carbocycles. The van der Waals surface area contributed by atoms with Crippen LogP contribution in [0.1, 0.15) is 30.2 Å². The standard InChI is InChI=1S/C24H24FN3O3S/c1-13(2)12-31-20-10-26-18(9-19(20)29)11-28-15(4)27-23-22(24(28)30)21(14(3)32-23)16-5-7-17(25)8-6-16/h5-10,13H,11-12H2,1-4H3,(H,26,29). The van der Waals surface area contributed by atoms with E-state index in [1.54, 1.807) is 23.6 Å². The molecule has 6 nitrogen and oxygen atoms in total. The van der Waals surface area contributed by atoms with Crippen molar-refractivity contribution in [3.8, 4) is 16.9 Å². The molecule has 0 saturated carbocycles. The first kappa shape index (κ1) is 22.0. The van der Waals surface area contributed by atoms with Gasteiger partial charge in [0.1, 0.15) is 16.5 Å². The fourth-order valence-electron chi connectivity index (χ4n) is 3.58. The summed E-state index contributed by atoms with van der Waals surface area (Å²) in [6.07, 6.45) is 1.53. The molecule has 4 rings (SSSR count). The molecule has 0 aliphatic heterocycles. The quantitative estimate of drug-likeness (QED) is 0.461. The van der Waals surface area contributed by atoms with Crippen LogP contribution in [0.5, 0.6) is 5.75 Å². The summed E-state index contributed by atoms with van der Waals surface area (Å²) in [6, 6.07) is 7.55. The monoisotopic (exact) mass is 453 g/mol. The van der Waals surface area contributed by atoms with Crippen molar-refractivity contribution in [2.24, 2.45) is 5.92 Å². The molecule has 1 N–H and O–H groups in total. The van der Waals surface area contributed by atoms with Gasteiger partial charge in [-0.2, -0.15) is 0 Å². The number of hydrogen-bond acceptors (Lipinski definition) is 5. The summed E-state index contributed by atoms with van der Waals surface area (Å²) in [5.41, 5.74) is 1.68. The minimum absolute atomic E-state index is 0.172. The predicted molar refractivity (Wildman–Crippen MR) is 125 cm³/mol. The Kier molecular flexibility index (Phi) is 5.97. The maximum absolute atomic E-state index is 13.5. The number of pyridine rings is 1. The molecule has 3 aromatic heterocycles. The van der Waals surface area contributed by atoms with Crippen molar-refractivity contribution in [2.45, 2.75) is 34.2 Å². The second kappa shape index (κ2) is 8.70. The molecule has 3 heterocycles. The van der Waals surface area contributed by atoms with Crippen molar-refractivity contribution in [1.29, 1.82) is 0 Å². The first-order valence-corrected chi connectivity index (χ1v) is 11.2. The molecule has 0 saturated heterocycles. The van der Waals surface area contributed by atoms with Crippen LogP contribution >= 0.6 is 11.3 Å². The van der Waals surface area contributed by atoms with Gasteiger partial charge in [0.15, 0.2) is 5.75 Å². The summed E-state index contributed by atoms with van der Waals surface area (Å²) in [4.78, 5) is 35.2. The van der Waals surface area contributed by atoms with E-state index in [0.29, 0.717) is 34.3 Å². The highest BCUT2D eigenvalue weighted by Crippen LogP contribution is 2.35. The van der Waals surface area contributed by atoms with Gasteiger partial charge in [-0.15, -0.1) is 11.3 Å². The smallest absolute Gasteiger partial charge is 0.263 e. The zero-order chi connectivity index (χ0) is 23.0. The van der Waals surface area contributed by atoms with E-state index in [4.69, 9.17) is 4.74 Å². The molecule has 0 fully saturated rings. The number of hydrogen-bond donors (Lipinski definition) is 1. The highest BCUT2D eigenvalue weighted by Gasteiger charge is 2.19. The number of aryl methyl sites for hydroxylation is 2. The Bertz CT molecular complexity index is 1400. The molecule has 0 aliphatic carbocycles. The number of aromatic nitrogens is 3. The number of nitrogens with zero attached hydrogens (tertiary/aromatic N) is 2. The van der Waals surface area contributed by atoms with E-state index in [0.717, 1.165) is 16.0 Å². The normalized spacial score (nSPS) is 11.4. The van der Waals surface area contributed by atoms with Crippen LogP contribution in [-0.4, -0.2) is 21.1 Å². The maximum atomic E-state index is 13.5. The van der Waals surface area contributed by atoms with E-state index in [9.17, 15) is 14.0 Å². The van der Waals surface area contributed by atoms with Gasteiger partial charge in [0.2, 0.25) is 5.43 Å². The second-order valence-electron chi connectivity index (χ2n) is 8.16. The molecule has 166 valence electrons. The Morgan fingerprint density at radius 3 is 2.56 bits per heavy atom. The van der Waals surface area contributed by atoms with E-state index in [1.807, 2.05) is 20.8 Å². The number of benzene rings is 1. The maximum Gasteiger partial charge on any atom is 0.263 e. The van der Waals surface area contributed by atoms with Crippen molar-refractivity contribution in [2.75, 3.05) is 6.61 Å². The SMILES string of the molecule is Cc1sc2nc(C)n(Cc3cc(=O)c(OCC(C)C)c[nH]3)c(=O)c2c1-c1ccc(F)cc1. The molecule has 0 bridgehead atoms. The molecular formula is C24H24FN3O3S. The van der Waals surface area contributed by atoms with Crippen LogP contribution in [0.3, 0.4) is 0 Å². The summed E-state index contributed by atoms with van der Waals surface area (Å²) in [7, 11) is 0. The molecule has 32 heavy (non-hydrogen) atoms. The molecule has 0 atom stereocenters. The predicted octanol–water partition coefficient (Wildman–Crippen LogP) is 4.65. The minimum Gasteiger partial charge on any atom is -0.488 e. The Morgan fingerprint density at radius 2 is 1.91 bits per heavy atom. The third kappa shape index (κ3) is 4.23. The van der Waals surface area contributed by atoms with Crippen molar-refractivity contribution in [3.63, 3.8) is 0 Å². The zero-order valence-electron chi connectivity index (χ0n) is 18.4. The number of ether oxygens (including phenoxy) is 1. The number of fused-ring (bicyclic) bond motifs is 1. The van der Waals surface area contributed by atoms with Crippen LogP contribution in [0.4, 0.5) is 4.39 Å². The summed E-state index contributed by atoms with van der Waals surface area (Å²) in [5.74, 6) is 0.780. The van der Waals surface area contributed by atoms with Crippen molar-refractivity contribution in [1.82, 2.24) is 14.5 Å². The van der Waals surface area contributed by atoms with Gasteiger partial charge < -0.3 is 9.72 Å². The fourth-order valence-corrected chi connectivity index (χ4v) is 4.66. The highest BCUT2D eigenvalue weighted by molar-refractivity contribution is 7.19. The lowest BCUT2D eigenvalue weighted by Crippen LogP contribution is -2.25. The topological polar surface area (TPSA) is 77.0 Å². The van der Waals surface area contributed by atoms with Crippen LogP contribution in [0.2, 0.25) is 0 Å². The van der Waals surface area contributed by atoms with Gasteiger partial charge in [-0.3, -0.25) is 14.2 Å². The third-order valence-corrected chi connectivity index (χ3v) is 6.15. The van der Waals surface area contributed by atoms with Gasteiger partial charge in [0.25, 0.3) is 5.56 Å². The van der Waals surface area contributed by atoms with Gasteiger partial charge in [-0.05, 0) is 37.5 Å². The lowest BCUT2D eigenvalue weighted by Gasteiger charge is -2.12. The summed E-state index contributed by atoms with van der Waals surface area (Å²) >= 11 is 1.44. The largest absolute Gasteiger partial charge is 0.488 e. The molecule has 0 amide bonds. The number of rotatable bonds is 6. The lowest BCUT2D eigenvalue weighted by atomic mass is 10.0. The lowest BCUT2D eigenvalue weighted by molar-refractivity contribution is 0.267. The zero-order valence-corrected chi connectivity index (χ0v) is 19.2. The van der Waals surface area contributed by atoms with E-state index >= 15 is 0 Å². The van der Waals surface area contributed by atoms with Gasteiger partial charge >= 0.3 is 0 Å². The van der Waals surface area contributed by atoms with Gasteiger partial charge in [0.05, 0.1) is 18.5 Å². The number of nitrogens with one attached hydrogen (secondary N) is 1. The van der Waals surface area contributed by atoms with E-state index in [-0.39, 0.29) is 29.1 Å². The van der Waals surface area contributed by atoms with E-state index < -0.39 is 0 Å². The Labute approximate surface area is 188 Å². The molecule has 0 aliphatic rings. The Morgan fingerprint density at radius 1 is 1.19 bits per heavy atom. The van der Waals surface area contributed by atoms with Gasteiger partial charge in [0, 0.05) is 28.4 Å². The fraction of sp³-hybridized carbons (Fsp3) is 0.292. The number of halogens is 1. The molecule has 0 spiro atoms. The van der Waals surface area contributed by atoms with E-state index in [2.05, 4.69) is 9.97 Å². The minimum atomic E-state index is -0.331. The Balaban J connectivity index is 1.76. The first-order chi connectivity index (χ1) is 15.2.